The summed E-state index contributed by atoms with van der Waals surface area (Å²) in [5, 5.41) is 6.89. The van der Waals surface area contributed by atoms with E-state index in [4.69, 9.17) is 4.52 Å². The average molecular weight is 343 g/mol. The SMILES string of the molecule is Cc1ccc(-c2noc(SCC(=O)Nc3ccc(F)cc3)n2)cc1. The molecule has 2 aromatic carbocycles. The van der Waals surface area contributed by atoms with Crippen LogP contribution in [0.1, 0.15) is 5.56 Å². The molecule has 5 nitrogen and oxygen atoms in total. The molecule has 1 heterocycles. The molecule has 122 valence electrons. The molecule has 0 bridgehead atoms. The molecule has 0 spiro atoms. The van der Waals surface area contributed by atoms with Gasteiger partial charge in [0.15, 0.2) is 0 Å². The summed E-state index contributed by atoms with van der Waals surface area (Å²) in [6.45, 7) is 2.00. The first-order chi connectivity index (χ1) is 11.6. The van der Waals surface area contributed by atoms with Gasteiger partial charge in [0.05, 0.1) is 5.75 Å². The molecule has 1 aromatic heterocycles. The van der Waals surface area contributed by atoms with Crippen LogP contribution < -0.4 is 5.32 Å². The number of nitrogens with zero attached hydrogens (tertiary/aromatic N) is 2. The van der Waals surface area contributed by atoms with E-state index in [0.717, 1.165) is 22.9 Å². The number of nitrogens with one attached hydrogen (secondary N) is 1. The van der Waals surface area contributed by atoms with Crippen LogP contribution in [0.3, 0.4) is 0 Å². The Kier molecular flexibility index (Phi) is 4.90. The van der Waals surface area contributed by atoms with Crippen molar-refractivity contribution in [3.63, 3.8) is 0 Å². The molecule has 0 radical (unpaired) electrons. The molecule has 0 saturated carbocycles. The third kappa shape index (κ3) is 4.20. The average Bonchev–Trinajstić information content (AvgIpc) is 3.05. The van der Waals surface area contributed by atoms with E-state index in [0.29, 0.717) is 16.7 Å². The highest BCUT2D eigenvalue weighted by molar-refractivity contribution is 7.99. The second kappa shape index (κ2) is 7.27. The lowest BCUT2D eigenvalue weighted by molar-refractivity contribution is -0.113. The third-order valence-corrected chi connectivity index (χ3v) is 3.99. The highest BCUT2D eigenvalue weighted by atomic mass is 32.2. The van der Waals surface area contributed by atoms with Crippen LogP contribution in [0, 0.1) is 12.7 Å². The second-order valence-corrected chi connectivity index (χ2v) is 6.02. The minimum Gasteiger partial charge on any atom is -0.327 e. The molecule has 1 N–H and O–H groups in total. The third-order valence-electron chi connectivity index (χ3n) is 3.17. The molecule has 3 aromatic rings. The van der Waals surface area contributed by atoms with E-state index in [9.17, 15) is 9.18 Å². The van der Waals surface area contributed by atoms with E-state index >= 15 is 0 Å². The van der Waals surface area contributed by atoms with Crippen molar-refractivity contribution in [3.05, 3.63) is 59.9 Å². The summed E-state index contributed by atoms with van der Waals surface area (Å²) in [6, 6.07) is 13.3. The maximum Gasteiger partial charge on any atom is 0.286 e. The van der Waals surface area contributed by atoms with Gasteiger partial charge in [0.25, 0.3) is 5.22 Å². The van der Waals surface area contributed by atoms with Crippen LogP contribution in [-0.2, 0) is 4.79 Å². The monoisotopic (exact) mass is 343 g/mol. The predicted octanol–water partition coefficient (Wildman–Crippen LogP) is 3.91. The first kappa shape index (κ1) is 16.2. The molecular formula is C17H14FN3O2S. The highest BCUT2D eigenvalue weighted by Gasteiger charge is 2.11. The van der Waals surface area contributed by atoms with Crippen molar-refractivity contribution in [2.75, 3.05) is 11.1 Å². The van der Waals surface area contributed by atoms with Crippen LogP contribution in [0.25, 0.3) is 11.4 Å². The highest BCUT2D eigenvalue weighted by Crippen LogP contribution is 2.22. The fraction of sp³-hybridized carbons (Fsp3) is 0.118. The maximum atomic E-state index is 12.8. The van der Waals surface area contributed by atoms with Crippen molar-refractivity contribution >= 4 is 23.4 Å². The standard InChI is InChI=1S/C17H14FN3O2S/c1-11-2-4-12(5-3-11)16-20-17(23-21-16)24-10-15(22)19-14-8-6-13(18)7-9-14/h2-9H,10H2,1H3,(H,19,22). The first-order valence-electron chi connectivity index (χ1n) is 7.19. The van der Waals surface area contributed by atoms with E-state index in [1.165, 1.54) is 24.3 Å². The zero-order valence-corrected chi connectivity index (χ0v) is 13.6. The van der Waals surface area contributed by atoms with Gasteiger partial charge in [0.1, 0.15) is 5.82 Å². The summed E-state index contributed by atoms with van der Waals surface area (Å²) in [5.74, 6) is 0.0161. The number of benzene rings is 2. The summed E-state index contributed by atoms with van der Waals surface area (Å²) in [5.41, 5.74) is 2.54. The van der Waals surface area contributed by atoms with Crippen LogP contribution >= 0.6 is 11.8 Å². The van der Waals surface area contributed by atoms with Gasteiger partial charge in [-0.1, -0.05) is 46.7 Å². The fourth-order valence-electron chi connectivity index (χ4n) is 1.95. The lowest BCUT2D eigenvalue weighted by atomic mass is 10.1. The number of aryl methyl sites for hydroxylation is 1. The number of carbonyl (C=O) groups excluding carboxylic acids is 1. The molecule has 0 atom stereocenters. The minimum atomic E-state index is -0.350. The van der Waals surface area contributed by atoms with Crippen LogP contribution in [-0.4, -0.2) is 21.8 Å². The summed E-state index contributed by atoms with van der Waals surface area (Å²) < 4.78 is 18.0. The van der Waals surface area contributed by atoms with E-state index < -0.39 is 0 Å². The Morgan fingerprint density at radius 1 is 1.17 bits per heavy atom. The fourth-order valence-corrected chi connectivity index (χ4v) is 2.51. The lowest BCUT2D eigenvalue weighted by Crippen LogP contribution is -2.13. The van der Waals surface area contributed by atoms with Crippen LogP contribution in [0.15, 0.2) is 58.3 Å². The number of halogens is 1. The number of carbonyl (C=O) groups is 1. The summed E-state index contributed by atoms with van der Waals surface area (Å²) in [4.78, 5) is 16.1. The van der Waals surface area contributed by atoms with E-state index in [-0.39, 0.29) is 17.5 Å². The minimum absolute atomic E-state index is 0.118. The predicted molar refractivity (Wildman–Crippen MR) is 90.2 cm³/mol. The Morgan fingerprint density at radius 3 is 2.58 bits per heavy atom. The summed E-state index contributed by atoms with van der Waals surface area (Å²) in [7, 11) is 0. The van der Waals surface area contributed by atoms with Gasteiger partial charge in [-0.2, -0.15) is 4.98 Å². The zero-order valence-electron chi connectivity index (χ0n) is 12.8. The molecule has 0 saturated heterocycles. The Bertz CT molecular complexity index is 832. The second-order valence-electron chi connectivity index (χ2n) is 5.09. The van der Waals surface area contributed by atoms with Gasteiger partial charge in [-0.25, -0.2) is 4.39 Å². The Hall–Kier alpha value is -2.67. The molecule has 0 aliphatic carbocycles. The molecule has 0 aliphatic heterocycles. The van der Waals surface area contributed by atoms with Gasteiger partial charge in [0.2, 0.25) is 11.7 Å². The van der Waals surface area contributed by atoms with Crippen molar-refractivity contribution in [1.29, 1.82) is 0 Å². The first-order valence-corrected chi connectivity index (χ1v) is 8.18. The molecule has 7 heteroatoms. The largest absolute Gasteiger partial charge is 0.327 e. The van der Waals surface area contributed by atoms with E-state index in [1.54, 1.807) is 0 Å². The van der Waals surface area contributed by atoms with Gasteiger partial charge in [-0.15, -0.1) is 0 Å². The molecule has 3 rings (SSSR count). The smallest absolute Gasteiger partial charge is 0.286 e. The van der Waals surface area contributed by atoms with Crippen molar-refractivity contribution in [1.82, 2.24) is 10.1 Å². The quantitative estimate of drug-likeness (QED) is 0.711. The molecule has 0 fully saturated rings. The van der Waals surface area contributed by atoms with Crippen LogP contribution in [0.5, 0.6) is 0 Å². The topological polar surface area (TPSA) is 68.0 Å². The van der Waals surface area contributed by atoms with Gasteiger partial charge in [-0.05, 0) is 31.2 Å². The number of hydrogen-bond donors (Lipinski definition) is 1. The number of anilines is 1. The van der Waals surface area contributed by atoms with E-state index in [1.807, 2.05) is 31.2 Å². The summed E-state index contributed by atoms with van der Waals surface area (Å²) in [6.07, 6.45) is 0. The number of thioether (sulfide) groups is 1. The number of amides is 1. The maximum absolute atomic E-state index is 12.8. The number of hydrogen-bond acceptors (Lipinski definition) is 5. The van der Waals surface area contributed by atoms with Crippen molar-refractivity contribution < 1.29 is 13.7 Å². The molecule has 0 unspecified atom stereocenters. The molecule has 24 heavy (non-hydrogen) atoms. The van der Waals surface area contributed by atoms with Crippen molar-refractivity contribution in [2.24, 2.45) is 0 Å². The lowest BCUT2D eigenvalue weighted by Gasteiger charge is -2.03. The zero-order chi connectivity index (χ0) is 16.9. The Morgan fingerprint density at radius 2 is 1.88 bits per heavy atom. The number of aromatic nitrogens is 2. The molecule has 0 aliphatic rings. The van der Waals surface area contributed by atoms with Gasteiger partial charge in [0, 0.05) is 11.3 Å². The van der Waals surface area contributed by atoms with Crippen LogP contribution in [0.4, 0.5) is 10.1 Å². The van der Waals surface area contributed by atoms with Gasteiger partial charge in [-0.3, -0.25) is 4.79 Å². The Balaban J connectivity index is 1.56. The molecular weight excluding hydrogens is 329 g/mol. The van der Waals surface area contributed by atoms with Crippen molar-refractivity contribution in [2.45, 2.75) is 12.1 Å². The number of rotatable bonds is 5. The normalized spacial score (nSPS) is 10.6. The Labute approximate surface area is 142 Å². The van der Waals surface area contributed by atoms with Crippen molar-refractivity contribution in [3.8, 4) is 11.4 Å². The molecule has 1 amide bonds. The van der Waals surface area contributed by atoms with Gasteiger partial charge >= 0.3 is 0 Å². The summed E-state index contributed by atoms with van der Waals surface area (Å²) >= 11 is 1.14. The van der Waals surface area contributed by atoms with E-state index in [2.05, 4.69) is 15.5 Å². The van der Waals surface area contributed by atoms with Crippen LogP contribution in [0.2, 0.25) is 0 Å². The van der Waals surface area contributed by atoms with Gasteiger partial charge < -0.3 is 9.84 Å².